The molecule has 4 saturated carbocycles. The standard InChI is InChI=1S/C46H69ClN2O4.C2H6.CH4O/c1-30(2)41-37(51)26-46(21-22-49(24-23-48(8)9)28-32-11-10-12-33(47)25-32)20-16-36-34(42(41)46)13-14-39-44(6)19-17-38(53-40(52)27-43(4,5)29-50)31(3)35(44)15-18-45(36,39)7;2*1-2/h10-12,25,29-31,34-36,38-39H,13-24,26-28H2,1-9H3;1-2H3;2H,1H3. The first kappa shape index (κ1) is 47.6. The number of hydrogen-bond donors (Lipinski definition) is 1. The van der Waals surface area contributed by atoms with Gasteiger partial charge < -0.3 is 19.5 Å². The van der Waals surface area contributed by atoms with Crippen LogP contribution in [0.1, 0.15) is 139 Å². The van der Waals surface area contributed by atoms with Crippen LogP contribution in [0.25, 0.3) is 0 Å². The van der Waals surface area contributed by atoms with Gasteiger partial charge in [-0.2, -0.15) is 0 Å². The zero-order chi connectivity index (χ0) is 42.5. The average molecular weight is 812 g/mol. The normalized spacial score (nSPS) is 33.3. The molecule has 8 heteroatoms. The van der Waals surface area contributed by atoms with Gasteiger partial charge in [-0.05, 0) is 148 Å². The number of benzene rings is 1. The van der Waals surface area contributed by atoms with Crippen molar-refractivity contribution in [3.8, 4) is 0 Å². The van der Waals surface area contributed by atoms with Crippen molar-refractivity contribution in [2.45, 2.75) is 146 Å². The van der Waals surface area contributed by atoms with Crippen molar-refractivity contribution in [3.05, 3.63) is 46.0 Å². The number of aliphatic hydroxyl groups is 1. The SMILES string of the molecule is CC.CC(C)C1=C2C3CCC4C(C)(CCC5C(C)C(OC(=O)CC(C)(C)C=O)CCC54C)C3CCC2(CCN(CCN(C)C)Cc2cccc(Cl)c2)CC1=O.CO. The number of Topliss-reactive ketones (excluding diaryl/α,β-unsaturated/α-hetero) is 1. The molecule has 322 valence electrons. The van der Waals surface area contributed by atoms with E-state index in [1.807, 2.05) is 33.8 Å². The molecule has 57 heavy (non-hydrogen) atoms. The maximum Gasteiger partial charge on any atom is 0.307 e. The number of hydrogen-bond acceptors (Lipinski definition) is 7. The number of carbonyl (C=O) groups excluding carboxylic acids is 3. The lowest BCUT2D eigenvalue weighted by Gasteiger charge is -2.67. The van der Waals surface area contributed by atoms with Crippen LogP contribution < -0.4 is 0 Å². The van der Waals surface area contributed by atoms with E-state index in [4.69, 9.17) is 21.4 Å². The lowest BCUT2D eigenvalue weighted by molar-refractivity contribution is -0.191. The minimum Gasteiger partial charge on any atom is -0.462 e. The predicted octanol–water partition coefficient (Wildman–Crippen LogP) is 10.5. The molecule has 1 N–H and O–H groups in total. The van der Waals surface area contributed by atoms with Crippen LogP contribution in [-0.2, 0) is 25.7 Å². The van der Waals surface area contributed by atoms with Gasteiger partial charge in [0.15, 0.2) is 5.78 Å². The van der Waals surface area contributed by atoms with E-state index in [1.165, 1.54) is 43.2 Å². The van der Waals surface area contributed by atoms with E-state index in [0.29, 0.717) is 41.8 Å². The molecule has 5 aliphatic rings. The third-order valence-corrected chi connectivity index (χ3v) is 15.8. The first-order chi connectivity index (χ1) is 26.9. The Morgan fingerprint density at radius 3 is 2.26 bits per heavy atom. The number of halogens is 1. The first-order valence-corrected chi connectivity index (χ1v) is 22.8. The molecular weight excluding hydrogens is 732 g/mol. The summed E-state index contributed by atoms with van der Waals surface area (Å²) in [5, 5.41) is 7.79. The van der Waals surface area contributed by atoms with Crippen LogP contribution in [0, 0.1) is 57.2 Å². The summed E-state index contributed by atoms with van der Waals surface area (Å²) in [6, 6.07) is 8.29. The van der Waals surface area contributed by atoms with Gasteiger partial charge in [0.2, 0.25) is 0 Å². The molecule has 5 aliphatic carbocycles. The molecule has 0 saturated heterocycles. The number of ketones is 1. The summed E-state index contributed by atoms with van der Waals surface area (Å²) in [6.45, 7) is 23.5. The molecule has 1 aromatic rings. The number of nitrogens with zero attached hydrogens (tertiary/aromatic N) is 2. The summed E-state index contributed by atoms with van der Waals surface area (Å²) in [5.41, 5.74) is 3.75. The van der Waals surface area contributed by atoms with Crippen LogP contribution in [0.2, 0.25) is 5.02 Å². The Balaban J connectivity index is 0.00000174. The minimum absolute atomic E-state index is 0.0261. The zero-order valence-corrected chi connectivity index (χ0v) is 38.6. The number of rotatable bonds is 13. The van der Waals surface area contributed by atoms with E-state index in [0.717, 1.165) is 70.3 Å². The van der Waals surface area contributed by atoms with Crippen LogP contribution in [0.15, 0.2) is 35.4 Å². The van der Waals surface area contributed by atoms with Gasteiger partial charge in [-0.3, -0.25) is 14.5 Å². The van der Waals surface area contributed by atoms with Crippen LogP contribution in [-0.4, -0.2) is 79.9 Å². The number of ether oxygens (including phenoxy) is 1. The van der Waals surface area contributed by atoms with Crippen LogP contribution in [0.3, 0.4) is 0 Å². The summed E-state index contributed by atoms with van der Waals surface area (Å²) in [6.07, 6.45) is 11.8. The van der Waals surface area contributed by atoms with E-state index >= 15 is 0 Å². The van der Waals surface area contributed by atoms with E-state index in [2.05, 4.69) is 76.7 Å². The van der Waals surface area contributed by atoms with E-state index < -0.39 is 5.41 Å². The Labute approximate surface area is 352 Å². The van der Waals surface area contributed by atoms with Crippen LogP contribution >= 0.6 is 11.6 Å². The second-order valence-electron chi connectivity index (χ2n) is 20.1. The van der Waals surface area contributed by atoms with Gasteiger partial charge in [0, 0.05) is 49.0 Å². The molecular formula is C49H79ClN2O5. The van der Waals surface area contributed by atoms with Gasteiger partial charge in [0.1, 0.15) is 12.4 Å². The van der Waals surface area contributed by atoms with Gasteiger partial charge in [-0.15, -0.1) is 0 Å². The first-order valence-electron chi connectivity index (χ1n) is 22.4. The Bertz CT molecular complexity index is 1570. The van der Waals surface area contributed by atoms with Crippen LogP contribution in [0.5, 0.6) is 0 Å². The van der Waals surface area contributed by atoms with Crippen molar-refractivity contribution in [1.29, 1.82) is 0 Å². The highest BCUT2D eigenvalue weighted by molar-refractivity contribution is 6.30. The highest BCUT2D eigenvalue weighted by Crippen LogP contribution is 2.72. The Morgan fingerprint density at radius 2 is 1.63 bits per heavy atom. The second kappa shape index (κ2) is 19.5. The number of allylic oxidation sites excluding steroid dienone is 2. The van der Waals surface area contributed by atoms with Gasteiger partial charge in [-0.1, -0.05) is 91.6 Å². The summed E-state index contributed by atoms with van der Waals surface area (Å²) in [7, 11) is 5.29. The molecule has 0 aliphatic heterocycles. The molecule has 0 amide bonds. The number of aldehydes is 1. The summed E-state index contributed by atoms with van der Waals surface area (Å²) >= 11 is 6.42. The molecule has 9 atom stereocenters. The molecule has 0 spiro atoms. The van der Waals surface area contributed by atoms with Gasteiger partial charge in [0.05, 0.1) is 6.42 Å². The maximum atomic E-state index is 14.1. The average Bonchev–Trinajstić information content (AvgIpc) is 3.47. The molecule has 0 radical (unpaired) electrons. The van der Waals surface area contributed by atoms with Gasteiger partial charge >= 0.3 is 5.97 Å². The van der Waals surface area contributed by atoms with Crippen molar-refractivity contribution >= 4 is 29.6 Å². The van der Waals surface area contributed by atoms with E-state index in [1.54, 1.807) is 5.57 Å². The van der Waals surface area contributed by atoms with Gasteiger partial charge in [0.25, 0.3) is 0 Å². The van der Waals surface area contributed by atoms with Crippen molar-refractivity contribution < 1.29 is 24.2 Å². The Kier molecular flexibility index (Phi) is 16.3. The lowest BCUT2D eigenvalue weighted by atomic mass is 9.38. The third kappa shape index (κ3) is 9.95. The summed E-state index contributed by atoms with van der Waals surface area (Å²) in [4.78, 5) is 43.4. The molecule has 0 aromatic heterocycles. The number of fused-ring (bicyclic) bond motifs is 7. The van der Waals surface area contributed by atoms with Crippen molar-refractivity contribution in [3.63, 3.8) is 0 Å². The minimum atomic E-state index is -0.691. The van der Waals surface area contributed by atoms with E-state index in [-0.39, 0.29) is 40.7 Å². The third-order valence-electron chi connectivity index (χ3n) is 15.5. The molecule has 6 rings (SSSR count). The lowest BCUT2D eigenvalue weighted by Crippen LogP contribution is -2.60. The Morgan fingerprint density at radius 1 is 0.982 bits per heavy atom. The molecule has 4 fully saturated rings. The number of carbonyl (C=O) groups is 3. The molecule has 0 heterocycles. The Hall–Kier alpha value is -2.06. The smallest absolute Gasteiger partial charge is 0.307 e. The highest BCUT2D eigenvalue weighted by Gasteiger charge is 2.65. The fraction of sp³-hybridized carbons (Fsp3) is 0.776. The monoisotopic (exact) mass is 811 g/mol. The molecule has 1 aromatic carbocycles. The number of esters is 1. The molecule has 9 unspecified atom stereocenters. The maximum absolute atomic E-state index is 14.1. The largest absolute Gasteiger partial charge is 0.462 e. The van der Waals surface area contributed by atoms with Crippen molar-refractivity contribution in [2.75, 3.05) is 40.8 Å². The fourth-order valence-electron chi connectivity index (χ4n) is 13.0. The molecule has 0 bridgehead atoms. The number of likely N-dealkylation sites (N-methyl/N-ethyl adjacent to an activating group) is 1. The van der Waals surface area contributed by atoms with E-state index in [9.17, 15) is 14.4 Å². The quantitative estimate of drug-likeness (QED) is 0.157. The second-order valence-corrected chi connectivity index (χ2v) is 20.5. The van der Waals surface area contributed by atoms with Gasteiger partial charge in [-0.25, -0.2) is 0 Å². The fourth-order valence-corrected chi connectivity index (χ4v) is 13.2. The molecule has 7 nitrogen and oxygen atoms in total. The number of aliphatic hydroxyl groups excluding tert-OH is 1. The highest BCUT2D eigenvalue weighted by atomic mass is 35.5. The van der Waals surface area contributed by atoms with Crippen molar-refractivity contribution in [1.82, 2.24) is 9.80 Å². The zero-order valence-electron chi connectivity index (χ0n) is 37.9. The van der Waals surface area contributed by atoms with Crippen molar-refractivity contribution in [2.24, 2.45) is 57.2 Å². The summed E-state index contributed by atoms with van der Waals surface area (Å²) in [5.74, 6) is 3.01. The topological polar surface area (TPSA) is 87.2 Å². The summed E-state index contributed by atoms with van der Waals surface area (Å²) < 4.78 is 6.14. The predicted molar refractivity (Wildman–Crippen MR) is 234 cm³/mol. The van der Waals surface area contributed by atoms with Crippen LogP contribution in [0.4, 0.5) is 0 Å².